The Morgan fingerprint density at radius 1 is 1.13 bits per heavy atom. The van der Waals surface area contributed by atoms with Crippen molar-refractivity contribution in [2.45, 2.75) is 19.9 Å². The highest BCUT2D eigenvalue weighted by Gasteiger charge is 2.17. The number of pyridine rings is 1. The van der Waals surface area contributed by atoms with Crippen LogP contribution in [-0.4, -0.2) is 24.0 Å². The van der Waals surface area contributed by atoms with E-state index in [0.717, 1.165) is 5.75 Å². The number of aromatic nitrogens is 1. The lowest BCUT2D eigenvalue weighted by Crippen LogP contribution is -2.34. The highest BCUT2D eigenvalue weighted by Crippen LogP contribution is 2.23. The molecule has 0 radical (unpaired) electrons. The van der Waals surface area contributed by atoms with E-state index in [0.29, 0.717) is 17.3 Å². The molecule has 0 saturated heterocycles. The molecule has 0 bridgehead atoms. The minimum Gasteiger partial charge on any atom is -0.497 e. The third-order valence-corrected chi connectivity index (χ3v) is 3.49. The molecular formula is C17H21N3O3. The molecule has 0 aliphatic carbocycles. The molecule has 1 amide bonds. The number of hydrogen-bond donors (Lipinski definition) is 2. The van der Waals surface area contributed by atoms with Crippen LogP contribution in [0, 0.1) is 5.92 Å². The molecule has 3 N–H and O–H groups in total. The topological polar surface area (TPSA) is 86.5 Å². The molecule has 1 heterocycles. The van der Waals surface area contributed by atoms with E-state index >= 15 is 0 Å². The SMILES string of the molecule is COc1ccc(Oc2ccc(NC(=O)C(C)C(C)N)cn2)cc1. The van der Waals surface area contributed by atoms with E-state index in [1.54, 1.807) is 63.6 Å². The first kappa shape index (κ1) is 16.8. The molecule has 0 aliphatic heterocycles. The maximum absolute atomic E-state index is 11.9. The number of nitrogens with two attached hydrogens (primary N) is 1. The molecule has 2 rings (SSSR count). The molecule has 0 fully saturated rings. The molecule has 2 aromatic rings. The summed E-state index contributed by atoms with van der Waals surface area (Å²) < 4.78 is 10.7. The average Bonchev–Trinajstić information content (AvgIpc) is 2.56. The van der Waals surface area contributed by atoms with Gasteiger partial charge >= 0.3 is 0 Å². The van der Waals surface area contributed by atoms with Crippen LogP contribution in [0.25, 0.3) is 0 Å². The van der Waals surface area contributed by atoms with Gasteiger partial charge in [-0.05, 0) is 37.3 Å². The van der Waals surface area contributed by atoms with Gasteiger partial charge in [-0.3, -0.25) is 4.79 Å². The van der Waals surface area contributed by atoms with Crippen LogP contribution in [0.15, 0.2) is 42.6 Å². The molecule has 1 aromatic heterocycles. The smallest absolute Gasteiger partial charge is 0.228 e. The van der Waals surface area contributed by atoms with Crippen molar-refractivity contribution < 1.29 is 14.3 Å². The van der Waals surface area contributed by atoms with Crippen molar-refractivity contribution in [1.29, 1.82) is 0 Å². The van der Waals surface area contributed by atoms with Gasteiger partial charge in [-0.15, -0.1) is 0 Å². The second-order valence-electron chi connectivity index (χ2n) is 5.30. The van der Waals surface area contributed by atoms with Crippen molar-refractivity contribution in [1.82, 2.24) is 4.98 Å². The molecule has 6 nitrogen and oxygen atoms in total. The quantitative estimate of drug-likeness (QED) is 0.856. The molecule has 2 atom stereocenters. The Hall–Kier alpha value is -2.60. The predicted octanol–water partition coefficient (Wildman–Crippen LogP) is 2.80. The average molecular weight is 315 g/mol. The summed E-state index contributed by atoms with van der Waals surface area (Å²) in [5, 5.41) is 2.78. The highest BCUT2D eigenvalue weighted by molar-refractivity contribution is 5.92. The van der Waals surface area contributed by atoms with Crippen LogP contribution in [0.5, 0.6) is 17.4 Å². The van der Waals surface area contributed by atoms with E-state index < -0.39 is 0 Å². The van der Waals surface area contributed by atoms with E-state index in [9.17, 15) is 4.79 Å². The van der Waals surface area contributed by atoms with Gasteiger partial charge in [0, 0.05) is 12.1 Å². The first-order valence-corrected chi connectivity index (χ1v) is 7.34. The van der Waals surface area contributed by atoms with Crippen molar-refractivity contribution >= 4 is 11.6 Å². The minimum atomic E-state index is -0.273. The fourth-order valence-corrected chi connectivity index (χ4v) is 1.77. The second kappa shape index (κ2) is 7.60. The lowest BCUT2D eigenvalue weighted by atomic mass is 10.0. The molecule has 0 spiro atoms. The van der Waals surface area contributed by atoms with Crippen LogP contribution in [-0.2, 0) is 4.79 Å². The zero-order chi connectivity index (χ0) is 16.8. The van der Waals surface area contributed by atoms with Crippen LogP contribution in [0.1, 0.15) is 13.8 Å². The number of nitrogens with one attached hydrogen (secondary N) is 1. The summed E-state index contributed by atoms with van der Waals surface area (Å²) in [7, 11) is 1.61. The third kappa shape index (κ3) is 4.69. The maximum atomic E-state index is 11.9. The molecule has 0 saturated carbocycles. The number of carbonyl (C=O) groups excluding carboxylic acids is 1. The summed E-state index contributed by atoms with van der Waals surface area (Å²) in [6.07, 6.45) is 1.55. The molecular weight excluding hydrogens is 294 g/mol. The van der Waals surface area contributed by atoms with Gasteiger partial charge in [-0.25, -0.2) is 4.98 Å². The minimum absolute atomic E-state index is 0.134. The number of hydrogen-bond acceptors (Lipinski definition) is 5. The number of nitrogens with zero attached hydrogens (tertiary/aromatic N) is 1. The van der Waals surface area contributed by atoms with Crippen molar-refractivity contribution in [3.8, 4) is 17.4 Å². The Labute approximate surface area is 135 Å². The summed E-state index contributed by atoms with van der Waals surface area (Å²) in [6, 6.07) is 10.4. The van der Waals surface area contributed by atoms with Crippen LogP contribution < -0.4 is 20.5 Å². The first-order chi connectivity index (χ1) is 11.0. The van der Waals surface area contributed by atoms with Gasteiger partial charge in [-0.1, -0.05) is 6.92 Å². The van der Waals surface area contributed by atoms with Gasteiger partial charge in [-0.2, -0.15) is 0 Å². The van der Waals surface area contributed by atoms with Gasteiger partial charge in [0.2, 0.25) is 11.8 Å². The largest absolute Gasteiger partial charge is 0.497 e. The fraction of sp³-hybridized carbons (Fsp3) is 0.294. The van der Waals surface area contributed by atoms with E-state index in [-0.39, 0.29) is 17.9 Å². The van der Waals surface area contributed by atoms with Crippen molar-refractivity contribution in [2.24, 2.45) is 11.7 Å². The molecule has 0 aliphatic rings. The standard InChI is InChI=1S/C17H21N3O3/c1-11(12(2)18)17(21)20-13-4-9-16(19-10-13)23-15-7-5-14(22-3)6-8-15/h4-12H,18H2,1-3H3,(H,20,21). The van der Waals surface area contributed by atoms with Crippen LogP contribution in [0.4, 0.5) is 5.69 Å². The Bertz CT molecular complexity index is 639. The van der Waals surface area contributed by atoms with Gasteiger partial charge < -0.3 is 20.5 Å². The first-order valence-electron chi connectivity index (χ1n) is 7.34. The zero-order valence-electron chi connectivity index (χ0n) is 13.4. The Balaban J connectivity index is 1.97. The Morgan fingerprint density at radius 3 is 2.30 bits per heavy atom. The van der Waals surface area contributed by atoms with Crippen molar-refractivity contribution in [3.05, 3.63) is 42.6 Å². The number of anilines is 1. The second-order valence-corrected chi connectivity index (χ2v) is 5.30. The highest BCUT2D eigenvalue weighted by atomic mass is 16.5. The van der Waals surface area contributed by atoms with E-state index in [1.807, 2.05) is 0 Å². The van der Waals surface area contributed by atoms with Crippen molar-refractivity contribution in [2.75, 3.05) is 12.4 Å². The van der Waals surface area contributed by atoms with Gasteiger partial charge in [0.15, 0.2) is 0 Å². The molecule has 23 heavy (non-hydrogen) atoms. The van der Waals surface area contributed by atoms with Crippen molar-refractivity contribution in [3.63, 3.8) is 0 Å². The zero-order valence-corrected chi connectivity index (χ0v) is 13.4. The number of rotatable bonds is 6. The number of methoxy groups -OCH3 is 1. The van der Waals surface area contributed by atoms with E-state index in [4.69, 9.17) is 15.2 Å². The Kier molecular flexibility index (Phi) is 5.54. The lowest BCUT2D eigenvalue weighted by molar-refractivity contribution is -0.119. The fourth-order valence-electron chi connectivity index (χ4n) is 1.77. The molecule has 122 valence electrons. The summed E-state index contributed by atoms with van der Waals surface area (Å²) in [4.78, 5) is 16.1. The molecule has 1 aromatic carbocycles. The summed E-state index contributed by atoms with van der Waals surface area (Å²) in [6.45, 7) is 3.59. The summed E-state index contributed by atoms with van der Waals surface area (Å²) in [5.74, 6) is 1.44. The van der Waals surface area contributed by atoms with Gasteiger partial charge in [0.25, 0.3) is 0 Å². The van der Waals surface area contributed by atoms with E-state index in [2.05, 4.69) is 10.3 Å². The van der Waals surface area contributed by atoms with Crippen LogP contribution >= 0.6 is 0 Å². The molecule has 2 unspecified atom stereocenters. The third-order valence-electron chi connectivity index (χ3n) is 3.49. The molecule has 6 heteroatoms. The monoisotopic (exact) mass is 315 g/mol. The Morgan fingerprint density at radius 2 is 1.78 bits per heavy atom. The number of benzene rings is 1. The summed E-state index contributed by atoms with van der Waals surface area (Å²) in [5.41, 5.74) is 6.32. The van der Waals surface area contributed by atoms with Crippen LogP contribution in [0.2, 0.25) is 0 Å². The van der Waals surface area contributed by atoms with Gasteiger partial charge in [0.1, 0.15) is 11.5 Å². The van der Waals surface area contributed by atoms with E-state index in [1.165, 1.54) is 0 Å². The maximum Gasteiger partial charge on any atom is 0.228 e. The normalized spacial score (nSPS) is 13.0. The number of ether oxygens (including phenoxy) is 2. The summed E-state index contributed by atoms with van der Waals surface area (Å²) >= 11 is 0. The number of amides is 1. The van der Waals surface area contributed by atoms with Crippen LogP contribution in [0.3, 0.4) is 0 Å². The number of carbonyl (C=O) groups is 1. The predicted molar refractivity (Wildman–Crippen MR) is 88.7 cm³/mol. The van der Waals surface area contributed by atoms with Gasteiger partial charge in [0.05, 0.1) is 24.9 Å². The lowest BCUT2D eigenvalue weighted by Gasteiger charge is -2.15.